The topological polar surface area (TPSA) is 12.9 Å². The largest absolute Gasteiger partial charge is 0.256 e. The van der Waals surface area contributed by atoms with Gasteiger partial charge in [-0.05, 0) is 92.7 Å². The van der Waals surface area contributed by atoms with Gasteiger partial charge in [-0.15, -0.1) is 0 Å². The lowest BCUT2D eigenvalue weighted by Gasteiger charge is -2.26. The number of allylic oxidation sites excluding steroid dienone is 2. The van der Waals surface area contributed by atoms with E-state index in [1.807, 2.05) is 6.20 Å². The Morgan fingerprint density at radius 2 is 1.80 bits per heavy atom. The third-order valence-corrected chi connectivity index (χ3v) is 5.34. The van der Waals surface area contributed by atoms with E-state index in [0.29, 0.717) is 0 Å². The van der Waals surface area contributed by atoms with Crippen molar-refractivity contribution >= 4 is 0 Å². The molecule has 2 heteroatoms. The second-order valence-electron chi connectivity index (χ2n) is 7.21. The van der Waals surface area contributed by atoms with Gasteiger partial charge in [0.2, 0.25) is 0 Å². The minimum atomic E-state index is -0.208. The Hall–Kier alpha value is -1.96. The predicted octanol–water partition coefficient (Wildman–Crippen LogP) is 6.59. The average molecular weight is 337 g/mol. The number of aryl methyl sites for hydroxylation is 1. The molecule has 3 rings (SSSR count). The van der Waals surface area contributed by atoms with Gasteiger partial charge >= 0.3 is 0 Å². The van der Waals surface area contributed by atoms with Crippen LogP contribution >= 0.6 is 0 Å². The van der Waals surface area contributed by atoms with Gasteiger partial charge in [0, 0.05) is 11.8 Å². The minimum Gasteiger partial charge on any atom is -0.256 e. The van der Waals surface area contributed by atoms with E-state index in [0.717, 1.165) is 35.9 Å². The van der Waals surface area contributed by atoms with Crippen LogP contribution in [0.1, 0.15) is 51.0 Å². The summed E-state index contributed by atoms with van der Waals surface area (Å²) in [5.74, 6) is 1.47. The minimum absolute atomic E-state index is 0.208. The third kappa shape index (κ3) is 5.26. The van der Waals surface area contributed by atoms with Crippen LogP contribution in [0.4, 0.5) is 4.39 Å². The van der Waals surface area contributed by atoms with Gasteiger partial charge < -0.3 is 0 Å². The molecule has 0 saturated heterocycles. The fraction of sp³-hybridized carbons (Fsp3) is 0.435. The summed E-state index contributed by atoms with van der Waals surface area (Å²) < 4.78 is 13.0. The lowest BCUT2D eigenvalue weighted by Crippen LogP contribution is -2.13. The van der Waals surface area contributed by atoms with Crippen LogP contribution in [0.25, 0.3) is 11.3 Å². The number of benzene rings is 1. The maximum absolute atomic E-state index is 13.0. The number of nitrogens with zero attached hydrogens (tertiary/aromatic N) is 1. The van der Waals surface area contributed by atoms with Crippen molar-refractivity contribution in [3.05, 3.63) is 66.1 Å². The highest BCUT2D eigenvalue weighted by Gasteiger charge is 2.19. The highest BCUT2D eigenvalue weighted by molar-refractivity contribution is 5.58. The molecule has 1 aliphatic carbocycles. The summed E-state index contributed by atoms with van der Waals surface area (Å²) in [7, 11) is 0. The zero-order valence-corrected chi connectivity index (χ0v) is 15.1. The summed E-state index contributed by atoms with van der Waals surface area (Å²) in [4.78, 5) is 4.56. The first kappa shape index (κ1) is 17.8. The van der Waals surface area contributed by atoms with Crippen LogP contribution in [0.5, 0.6) is 0 Å². The molecule has 0 N–H and O–H groups in total. The quantitative estimate of drug-likeness (QED) is 0.542. The number of halogens is 1. The molecule has 132 valence electrons. The number of aromatic nitrogens is 1. The molecule has 1 aromatic carbocycles. The lowest BCUT2D eigenvalue weighted by atomic mass is 9.79. The monoisotopic (exact) mass is 337 g/mol. The summed E-state index contributed by atoms with van der Waals surface area (Å²) in [5, 5.41) is 0. The smallest absolute Gasteiger partial charge is 0.123 e. The zero-order valence-electron chi connectivity index (χ0n) is 15.1. The number of pyridine rings is 1. The molecule has 2 aromatic rings. The van der Waals surface area contributed by atoms with E-state index >= 15 is 0 Å². The fourth-order valence-electron chi connectivity index (χ4n) is 3.73. The molecule has 0 radical (unpaired) electrons. The molecule has 0 amide bonds. The Balaban J connectivity index is 1.48. The first-order valence-corrected chi connectivity index (χ1v) is 9.62. The maximum atomic E-state index is 13.0. The van der Waals surface area contributed by atoms with E-state index in [2.05, 4.69) is 36.2 Å². The van der Waals surface area contributed by atoms with Crippen molar-refractivity contribution in [3.8, 4) is 11.3 Å². The summed E-state index contributed by atoms with van der Waals surface area (Å²) in [5.41, 5.74) is 3.18. The second kappa shape index (κ2) is 8.94. The van der Waals surface area contributed by atoms with Gasteiger partial charge in [-0.1, -0.05) is 25.1 Å². The predicted molar refractivity (Wildman–Crippen MR) is 103 cm³/mol. The van der Waals surface area contributed by atoms with E-state index in [9.17, 15) is 4.39 Å². The van der Waals surface area contributed by atoms with Gasteiger partial charge in [0.1, 0.15) is 5.82 Å². The first-order chi connectivity index (χ1) is 12.2. The Kier molecular flexibility index (Phi) is 6.38. The summed E-state index contributed by atoms with van der Waals surface area (Å²) in [6, 6.07) is 10.7. The van der Waals surface area contributed by atoms with Crippen LogP contribution in [0, 0.1) is 17.7 Å². The molecule has 1 aromatic heterocycles. The number of hydrogen-bond donors (Lipinski definition) is 0. The molecular weight excluding hydrogens is 309 g/mol. The molecule has 0 unspecified atom stereocenters. The molecule has 1 aliphatic rings. The summed E-state index contributed by atoms with van der Waals surface area (Å²) in [6.07, 6.45) is 15.7. The molecule has 0 aliphatic heterocycles. The van der Waals surface area contributed by atoms with Crippen molar-refractivity contribution in [3.63, 3.8) is 0 Å². The molecular formula is C23H28FN. The Morgan fingerprint density at radius 3 is 2.44 bits per heavy atom. The van der Waals surface area contributed by atoms with Crippen LogP contribution in [-0.4, -0.2) is 4.98 Å². The Bertz CT molecular complexity index is 664. The lowest BCUT2D eigenvalue weighted by molar-refractivity contribution is 0.296. The summed E-state index contributed by atoms with van der Waals surface area (Å²) in [6.45, 7) is 2.21. The van der Waals surface area contributed by atoms with Gasteiger partial charge in [0.25, 0.3) is 0 Å². The van der Waals surface area contributed by atoms with E-state index in [1.54, 1.807) is 12.1 Å². The van der Waals surface area contributed by atoms with E-state index in [-0.39, 0.29) is 5.82 Å². The van der Waals surface area contributed by atoms with Crippen LogP contribution in [0.2, 0.25) is 0 Å². The Labute approximate surface area is 151 Å². The molecule has 1 heterocycles. The van der Waals surface area contributed by atoms with Crippen LogP contribution in [0.3, 0.4) is 0 Å². The van der Waals surface area contributed by atoms with Crippen molar-refractivity contribution in [2.75, 3.05) is 0 Å². The fourth-order valence-corrected chi connectivity index (χ4v) is 3.73. The van der Waals surface area contributed by atoms with Crippen molar-refractivity contribution in [1.29, 1.82) is 0 Å². The van der Waals surface area contributed by atoms with Crippen LogP contribution in [-0.2, 0) is 6.42 Å². The van der Waals surface area contributed by atoms with Gasteiger partial charge in [-0.2, -0.15) is 0 Å². The van der Waals surface area contributed by atoms with Crippen LogP contribution in [0.15, 0.2) is 54.7 Å². The van der Waals surface area contributed by atoms with E-state index in [4.69, 9.17) is 0 Å². The zero-order chi connectivity index (χ0) is 17.5. The van der Waals surface area contributed by atoms with Crippen molar-refractivity contribution < 1.29 is 4.39 Å². The molecule has 1 fully saturated rings. The third-order valence-electron chi connectivity index (χ3n) is 5.34. The second-order valence-corrected chi connectivity index (χ2v) is 7.21. The highest BCUT2D eigenvalue weighted by atomic mass is 19.1. The van der Waals surface area contributed by atoms with Gasteiger partial charge in [0.15, 0.2) is 0 Å². The first-order valence-electron chi connectivity index (χ1n) is 9.62. The average Bonchev–Trinajstić information content (AvgIpc) is 2.67. The molecule has 0 bridgehead atoms. The number of rotatable bonds is 6. The van der Waals surface area contributed by atoms with E-state index in [1.165, 1.54) is 49.8 Å². The Morgan fingerprint density at radius 1 is 1.04 bits per heavy atom. The molecule has 0 atom stereocenters. The highest BCUT2D eigenvalue weighted by Crippen LogP contribution is 2.32. The van der Waals surface area contributed by atoms with Gasteiger partial charge in [-0.25, -0.2) is 4.39 Å². The molecule has 0 spiro atoms. The molecule has 1 saturated carbocycles. The summed E-state index contributed by atoms with van der Waals surface area (Å²) >= 11 is 0. The molecule has 1 nitrogen and oxygen atoms in total. The van der Waals surface area contributed by atoms with Gasteiger partial charge in [-0.3, -0.25) is 4.98 Å². The number of hydrogen-bond acceptors (Lipinski definition) is 1. The van der Waals surface area contributed by atoms with Gasteiger partial charge in [0.05, 0.1) is 5.69 Å². The van der Waals surface area contributed by atoms with Crippen LogP contribution < -0.4 is 0 Å². The van der Waals surface area contributed by atoms with Crippen molar-refractivity contribution in [2.45, 2.75) is 51.9 Å². The van der Waals surface area contributed by atoms with Crippen molar-refractivity contribution in [2.24, 2.45) is 11.8 Å². The standard InChI is InChI=1S/C23H28FN/c1-2-3-4-18-5-7-19(8-6-18)9-10-20-11-16-23(25-17-20)21-12-14-22(24)15-13-21/h3-4,11-19H,2,5-10H2,1H3/t18-,19-. The molecule has 25 heavy (non-hydrogen) atoms. The SMILES string of the molecule is CCC=C[C@H]1CC[C@H](CCc2ccc(-c3ccc(F)cc3)nc2)CC1. The maximum Gasteiger partial charge on any atom is 0.123 e. The van der Waals surface area contributed by atoms with Crippen molar-refractivity contribution in [1.82, 2.24) is 4.98 Å². The normalized spacial score (nSPS) is 20.9. The van der Waals surface area contributed by atoms with E-state index < -0.39 is 0 Å².